The first-order chi connectivity index (χ1) is 11.1. The number of nitrogens with zero attached hydrogens (tertiary/aromatic N) is 3. The second-order valence-corrected chi connectivity index (χ2v) is 6.41. The third-order valence-electron chi connectivity index (χ3n) is 4.60. The summed E-state index contributed by atoms with van der Waals surface area (Å²) < 4.78 is 10.2. The zero-order valence-corrected chi connectivity index (χ0v) is 14.5. The fourth-order valence-corrected chi connectivity index (χ4v) is 3.52. The van der Waals surface area contributed by atoms with E-state index >= 15 is 0 Å². The van der Waals surface area contributed by atoms with Gasteiger partial charge in [-0.1, -0.05) is 12.1 Å². The summed E-state index contributed by atoms with van der Waals surface area (Å²) in [5.74, 6) is 0.000566. The normalized spacial score (nSPS) is 16.8. The Hall–Kier alpha value is -1.66. The molecule has 0 saturated carbocycles. The Morgan fingerprint density at radius 2 is 1.91 bits per heavy atom. The van der Waals surface area contributed by atoms with Crippen molar-refractivity contribution in [1.82, 2.24) is 14.0 Å². The predicted octanol–water partition coefficient (Wildman–Crippen LogP) is 2.94. The molecule has 124 valence electrons. The molecule has 1 saturated heterocycles. The number of imidazole rings is 1. The van der Waals surface area contributed by atoms with Gasteiger partial charge in [0.05, 0.1) is 30.2 Å². The standard InChI is InChI=1S/C17H23N3O2S/c1-3-22-16(21)13-8-10-19(11-9-13)12-20-15-7-5-4-6-14(15)18(2)17(20)23/h4-7,13H,3,8-12H2,1-2H3. The van der Waals surface area contributed by atoms with Crippen LogP contribution in [0.1, 0.15) is 19.8 Å². The number of carbonyl (C=O) groups is 1. The molecule has 1 aromatic heterocycles. The first-order valence-electron chi connectivity index (χ1n) is 8.15. The second-order valence-electron chi connectivity index (χ2n) is 6.04. The smallest absolute Gasteiger partial charge is 0.309 e. The molecule has 0 unspecified atom stereocenters. The number of fused-ring (bicyclic) bond motifs is 1. The minimum atomic E-state index is -0.0473. The topological polar surface area (TPSA) is 39.4 Å². The SMILES string of the molecule is CCOC(=O)C1CCN(Cn2c(=S)n(C)c3ccccc32)CC1. The Labute approximate surface area is 141 Å². The van der Waals surface area contributed by atoms with Gasteiger partial charge in [0.2, 0.25) is 0 Å². The summed E-state index contributed by atoms with van der Waals surface area (Å²) in [6.45, 7) is 4.89. The molecule has 1 aromatic carbocycles. The number of benzene rings is 1. The lowest BCUT2D eigenvalue weighted by atomic mass is 9.97. The molecular formula is C17H23N3O2S. The van der Waals surface area contributed by atoms with Crippen LogP contribution in [0.3, 0.4) is 0 Å². The van der Waals surface area contributed by atoms with Crippen molar-refractivity contribution in [3.8, 4) is 0 Å². The minimum Gasteiger partial charge on any atom is -0.466 e. The molecule has 0 atom stereocenters. The summed E-state index contributed by atoms with van der Waals surface area (Å²) in [5, 5.41) is 0. The van der Waals surface area contributed by atoms with Crippen molar-refractivity contribution in [1.29, 1.82) is 0 Å². The van der Waals surface area contributed by atoms with E-state index in [0.717, 1.165) is 48.4 Å². The highest BCUT2D eigenvalue weighted by Crippen LogP contribution is 2.22. The largest absolute Gasteiger partial charge is 0.466 e. The van der Waals surface area contributed by atoms with Crippen LogP contribution in [-0.4, -0.2) is 39.7 Å². The van der Waals surface area contributed by atoms with E-state index in [1.807, 2.05) is 26.1 Å². The Kier molecular flexibility index (Phi) is 4.82. The van der Waals surface area contributed by atoms with Crippen LogP contribution in [0.15, 0.2) is 24.3 Å². The van der Waals surface area contributed by atoms with Crippen LogP contribution in [0.25, 0.3) is 11.0 Å². The maximum absolute atomic E-state index is 11.8. The summed E-state index contributed by atoms with van der Waals surface area (Å²) in [5.41, 5.74) is 2.31. The molecule has 2 aromatic rings. The van der Waals surface area contributed by atoms with Gasteiger partial charge in [-0.2, -0.15) is 0 Å². The van der Waals surface area contributed by atoms with Gasteiger partial charge >= 0.3 is 5.97 Å². The van der Waals surface area contributed by atoms with E-state index < -0.39 is 0 Å². The molecular weight excluding hydrogens is 310 g/mol. The summed E-state index contributed by atoms with van der Waals surface area (Å²) in [6, 6.07) is 8.28. The lowest BCUT2D eigenvalue weighted by molar-refractivity contribution is -0.149. The van der Waals surface area contributed by atoms with Gasteiger partial charge in [-0.25, -0.2) is 0 Å². The number of aryl methyl sites for hydroxylation is 1. The van der Waals surface area contributed by atoms with Crippen molar-refractivity contribution in [2.24, 2.45) is 13.0 Å². The number of para-hydroxylation sites is 2. The van der Waals surface area contributed by atoms with Crippen LogP contribution >= 0.6 is 12.2 Å². The number of hydrogen-bond donors (Lipinski definition) is 0. The van der Waals surface area contributed by atoms with Crippen LogP contribution < -0.4 is 0 Å². The van der Waals surface area contributed by atoms with Crippen molar-refractivity contribution in [3.63, 3.8) is 0 Å². The van der Waals surface area contributed by atoms with Gasteiger partial charge in [0.1, 0.15) is 0 Å². The molecule has 1 aliphatic heterocycles. The van der Waals surface area contributed by atoms with E-state index in [2.05, 4.69) is 26.2 Å². The molecule has 23 heavy (non-hydrogen) atoms. The Morgan fingerprint density at radius 1 is 1.26 bits per heavy atom. The third kappa shape index (κ3) is 3.19. The lowest BCUT2D eigenvalue weighted by Crippen LogP contribution is -2.38. The first kappa shape index (κ1) is 16.2. The highest BCUT2D eigenvalue weighted by molar-refractivity contribution is 7.71. The van der Waals surface area contributed by atoms with Crippen LogP contribution in [0.2, 0.25) is 0 Å². The summed E-state index contributed by atoms with van der Waals surface area (Å²) in [7, 11) is 2.01. The first-order valence-corrected chi connectivity index (χ1v) is 8.56. The summed E-state index contributed by atoms with van der Waals surface area (Å²) >= 11 is 5.59. The average molecular weight is 333 g/mol. The lowest BCUT2D eigenvalue weighted by Gasteiger charge is -2.31. The Bertz CT molecular complexity index is 757. The Morgan fingerprint density at radius 3 is 2.57 bits per heavy atom. The zero-order valence-electron chi connectivity index (χ0n) is 13.7. The van der Waals surface area contributed by atoms with Crippen molar-refractivity contribution in [3.05, 3.63) is 29.0 Å². The molecule has 1 fully saturated rings. The second kappa shape index (κ2) is 6.84. The predicted molar refractivity (Wildman–Crippen MR) is 92.7 cm³/mol. The zero-order chi connectivity index (χ0) is 16.4. The summed E-state index contributed by atoms with van der Waals surface area (Å²) in [4.78, 5) is 14.2. The van der Waals surface area contributed by atoms with Gasteiger partial charge in [0, 0.05) is 20.1 Å². The maximum Gasteiger partial charge on any atom is 0.309 e. The molecule has 0 amide bonds. The Balaban J connectivity index is 1.71. The number of likely N-dealkylation sites (tertiary alicyclic amines) is 1. The molecule has 0 bridgehead atoms. The highest BCUT2D eigenvalue weighted by Gasteiger charge is 2.26. The van der Waals surface area contributed by atoms with Crippen molar-refractivity contribution >= 4 is 29.2 Å². The molecule has 0 N–H and O–H groups in total. The minimum absolute atomic E-state index is 0.0473. The molecule has 2 heterocycles. The number of ether oxygens (including phenoxy) is 1. The number of carbonyl (C=O) groups excluding carboxylic acids is 1. The molecule has 0 aliphatic carbocycles. The van der Waals surface area contributed by atoms with E-state index in [1.165, 1.54) is 0 Å². The van der Waals surface area contributed by atoms with Crippen molar-refractivity contribution in [2.75, 3.05) is 19.7 Å². The monoisotopic (exact) mass is 333 g/mol. The van der Waals surface area contributed by atoms with Crippen LogP contribution in [0, 0.1) is 10.7 Å². The molecule has 1 aliphatic rings. The molecule has 5 nitrogen and oxygen atoms in total. The number of aromatic nitrogens is 2. The van der Waals surface area contributed by atoms with Gasteiger partial charge in [-0.05, 0) is 44.1 Å². The third-order valence-corrected chi connectivity index (χ3v) is 5.09. The summed E-state index contributed by atoms with van der Waals surface area (Å²) in [6.07, 6.45) is 1.72. The fraction of sp³-hybridized carbons (Fsp3) is 0.529. The van der Waals surface area contributed by atoms with Crippen LogP contribution in [0.5, 0.6) is 0 Å². The van der Waals surface area contributed by atoms with Crippen molar-refractivity contribution < 1.29 is 9.53 Å². The molecule has 6 heteroatoms. The van der Waals surface area contributed by atoms with Gasteiger partial charge < -0.3 is 13.9 Å². The fourth-order valence-electron chi connectivity index (χ4n) is 3.27. The molecule has 0 spiro atoms. The number of hydrogen-bond acceptors (Lipinski definition) is 4. The van der Waals surface area contributed by atoms with Gasteiger partial charge in [-0.15, -0.1) is 0 Å². The van der Waals surface area contributed by atoms with Crippen LogP contribution in [-0.2, 0) is 23.2 Å². The number of esters is 1. The quantitative estimate of drug-likeness (QED) is 0.637. The molecule has 0 radical (unpaired) electrons. The van der Waals surface area contributed by atoms with E-state index in [4.69, 9.17) is 17.0 Å². The molecule has 3 rings (SSSR count). The average Bonchev–Trinajstić information content (AvgIpc) is 2.81. The van der Waals surface area contributed by atoms with E-state index in [0.29, 0.717) is 6.61 Å². The van der Waals surface area contributed by atoms with Crippen molar-refractivity contribution in [2.45, 2.75) is 26.4 Å². The number of rotatable bonds is 4. The van der Waals surface area contributed by atoms with E-state index in [-0.39, 0.29) is 11.9 Å². The van der Waals surface area contributed by atoms with Crippen LogP contribution in [0.4, 0.5) is 0 Å². The van der Waals surface area contributed by atoms with E-state index in [1.54, 1.807) is 0 Å². The number of piperidine rings is 1. The maximum atomic E-state index is 11.8. The van der Waals surface area contributed by atoms with Gasteiger partial charge in [0.25, 0.3) is 0 Å². The highest BCUT2D eigenvalue weighted by atomic mass is 32.1. The van der Waals surface area contributed by atoms with Gasteiger partial charge in [0.15, 0.2) is 4.77 Å². The van der Waals surface area contributed by atoms with Gasteiger partial charge in [-0.3, -0.25) is 9.69 Å². The van der Waals surface area contributed by atoms with E-state index in [9.17, 15) is 4.79 Å².